The summed E-state index contributed by atoms with van der Waals surface area (Å²) >= 11 is 0. The lowest BCUT2D eigenvalue weighted by Crippen LogP contribution is -2.62. The van der Waals surface area contributed by atoms with Gasteiger partial charge in [0.15, 0.2) is 5.89 Å². The van der Waals surface area contributed by atoms with Gasteiger partial charge in [0, 0.05) is 56.5 Å². The Labute approximate surface area is 278 Å². The van der Waals surface area contributed by atoms with Gasteiger partial charge in [-0.25, -0.2) is 4.98 Å². The van der Waals surface area contributed by atoms with Gasteiger partial charge in [-0.3, -0.25) is 19.4 Å². The van der Waals surface area contributed by atoms with Crippen molar-refractivity contribution in [1.82, 2.24) is 25.4 Å². The largest absolute Gasteiger partial charge is 0.448 e. The average molecular weight is 646 g/mol. The van der Waals surface area contributed by atoms with Gasteiger partial charge in [0.05, 0.1) is 23.9 Å². The molecule has 5 rings (SSSR count). The molecular formula is C37H51N5O5. The Morgan fingerprint density at radius 2 is 1.79 bits per heavy atom. The standard InChI is InChI=1S/C37H51N5O5/c1-24(2)36-38-28(23-47-36)20-41-15-16-42(31(22-41)35(46)40-37(3,4)5)21-29(43)18-27(17-25-11-7-6-8-12-25)34(45)39-33-30-14-10-9-13-26(30)19-32(33)44/h6-14,23-24,27,29,31-33,43-44H,15-22H2,1-5H3,(H,39,45)(H,40,46)/t27?,29?,31?,32-,33+/m1/s1. The third-order valence-electron chi connectivity index (χ3n) is 9.02. The molecule has 0 saturated carbocycles. The molecule has 47 heavy (non-hydrogen) atoms. The smallest absolute Gasteiger partial charge is 0.239 e. The SMILES string of the molecule is CC(C)c1nc(CN2CCN(CC(O)CC(Cc3ccccc3)C(=O)N[C@H]3c4ccccc4C[C@H]3O)C(C(=O)NC(C)(C)C)C2)co1. The van der Waals surface area contributed by atoms with Crippen molar-refractivity contribution < 1.29 is 24.2 Å². The molecule has 0 spiro atoms. The summed E-state index contributed by atoms with van der Waals surface area (Å²) in [6.07, 6.45) is 1.30. The highest BCUT2D eigenvalue weighted by Crippen LogP contribution is 2.32. The van der Waals surface area contributed by atoms with Crippen LogP contribution < -0.4 is 10.6 Å². The van der Waals surface area contributed by atoms with E-state index in [4.69, 9.17) is 4.42 Å². The molecule has 2 aliphatic rings. The molecule has 10 heteroatoms. The van der Waals surface area contributed by atoms with Crippen LogP contribution in [-0.4, -0.2) is 86.8 Å². The topological polar surface area (TPSA) is 131 Å². The number of carbonyl (C=O) groups excluding carboxylic acids is 2. The molecule has 1 aromatic heterocycles. The number of amides is 2. The van der Waals surface area contributed by atoms with Crippen molar-refractivity contribution in [3.63, 3.8) is 0 Å². The number of benzene rings is 2. The number of aliphatic hydroxyl groups is 2. The number of hydrogen-bond acceptors (Lipinski definition) is 8. The van der Waals surface area contributed by atoms with Crippen molar-refractivity contribution in [2.75, 3.05) is 26.2 Å². The highest BCUT2D eigenvalue weighted by Gasteiger charge is 2.37. The highest BCUT2D eigenvalue weighted by atomic mass is 16.3. The van der Waals surface area contributed by atoms with E-state index in [1.165, 1.54) is 0 Å². The molecule has 1 aliphatic heterocycles. The van der Waals surface area contributed by atoms with Crippen LogP contribution in [0.1, 0.15) is 81.3 Å². The fraction of sp³-hybridized carbons (Fsp3) is 0.541. The van der Waals surface area contributed by atoms with Crippen molar-refractivity contribution in [2.24, 2.45) is 5.92 Å². The predicted octanol–water partition coefficient (Wildman–Crippen LogP) is 3.58. The van der Waals surface area contributed by atoms with Gasteiger partial charge in [-0.1, -0.05) is 68.4 Å². The van der Waals surface area contributed by atoms with Crippen molar-refractivity contribution in [1.29, 1.82) is 0 Å². The molecule has 2 amide bonds. The van der Waals surface area contributed by atoms with E-state index in [2.05, 4.69) is 20.5 Å². The minimum absolute atomic E-state index is 0.0927. The van der Waals surface area contributed by atoms with Gasteiger partial charge >= 0.3 is 0 Å². The average Bonchev–Trinajstić information content (AvgIpc) is 3.61. The lowest BCUT2D eigenvalue weighted by molar-refractivity contribution is -0.132. The van der Waals surface area contributed by atoms with Crippen LogP contribution in [0, 0.1) is 5.92 Å². The van der Waals surface area contributed by atoms with E-state index in [0.29, 0.717) is 44.9 Å². The second-order valence-corrected chi connectivity index (χ2v) is 14.5. The van der Waals surface area contributed by atoms with Crippen LogP contribution in [0.2, 0.25) is 0 Å². The second kappa shape index (κ2) is 15.1. The summed E-state index contributed by atoms with van der Waals surface area (Å²) in [7, 11) is 0. The van der Waals surface area contributed by atoms with Crippen molar-refractivity contribution in [3.8, 4) is 0 Å². The Morgan fingerprint density at radius 3 is 2.49 bits per heavy atom. The minimum Gasteiger partial charge on any atom is -0.448 e. The number of rotatable bonds is 12. The number of aromatic nitrogens is 1. The van der Waals surface area contributed by atoms with Crippen LogP contribution in [-0.2, 0) is 29.0 Å². The normalized spacial score (nSPS) is 21.7. The summed E-state index contributed by atoms with van der Waals surface area (Å²) < 4.78 is 5.64. The molecule has 3 aromatic rings. The van der Waals surface area contributed by atoms with E-state index < -0.39 is 35.7 Å². The summed E-state index contributed by atoms with van der Waals surface area (Å²) in [5, 5.41) is 28.6. The van der Waals surface area contributed by atoms with E-state index in [9.17, 15) is 19.8 Å². The molecular weight excluding hydrogens is 594 g/mol. The molecule has 2 heterocycles. The molecule has 4 N–H and O–H groups in total. The first kappa shape index (κ1) is 34.8. The van der Waals surface area contributed by atoms with E-state index in [1.54, 1.807) is 6.26 Å². The molecule has 1 fully saturated rings. The molecule has 2 aromatic carbocycles. The third-order valence-corrected chi connectivity index (χ3v) is 9.02. The first-order chi connectivity index (χ1) is 22.4. The number of aliphatic hydroxyl groups excluding tert-OH is 2. The van der Waals surface area contributed by atoms with Gasteiger partial charge in [0.1, 0.15) is 12.3 Å². The van der Waals surface area contributed by atoms with Gasteiger partial charge in [-0.2, -0.15) is 0 Å². The maximum Gasteiger partial charge on any atom is 0.239 e. The molecule has 0 radical (unpaired) electrons. The van der Waals surface area contributed by atoms with Crippen LogP contribution in [0.4, 0.5) is 0 Å². The first-order valence-electron chi connectivity index (χ1n) is 16.9. The lowest BCUT2D eigenvalue weighted by atomic mass is 9.91. The fourth-order valence-corrected chi connectivity index (χ4v) is 6.70. The Morgan fingerprint density at radius 1 is 1.06 bits per heavy atom. The summed E-state index contributed by atoms with van der Waals surface area (Å²) in [4.78, 5) is 36.3. The van der Waals surface area contributed by atoms with Crippen molar-refractivity contribution >= 4 is 11.8 Å². The second-order valence-electron chi connectivity index (χ2n) is 14.5. The Balaban J connectivity index is 1.28. The van der Waals surface area contributed by atoms with E-state index in [-0.39, 0.29) is 30.7 Å². The number of hydrogen-bond donors (Lipinski definition) is 4. The summed E-state index contributed by atoms with van der Waals surface area (Å²) in [6, 6.07) is 16.6. The molecule has 254 valence electrons. The molecule has 10 nitrogen and oxygen atoms in total. The van der Waals surface area contributed by atoms with Crippen LogP contribution >= 0.6 is 0 Å². The Bertz CT molecular complexity index is 1490. The molecule has 1 saturated heterocycles. The molecule has 3 unspecified atom stereocenters. The fourth-order valence-electron chi connectivity index (χ4n) is 6.70. The summed E-state index contributed by atoms with van der Waals surface area (Å²) in [5.41, 5.74) is 3.39. The van der Waals surface area contributed by atoms with Gasteiger partial charge in [0.25, 0.3) is 0 Å². The van der Waals surface area contributed by atoms with E-state index >= 15 is 0 Å². The summed E-state index contributed by atoms with van der Waals surface area (Å²) in [5.74, 6) is 0.0698. The maximum absolute atomic E-state index is 13.8. The van der Waals surface area contributed by atoms with E-state index in [1.807, 2.05) is 94.1 Å². The predicted molar refractivity (Wildman–Crippen MR) is 180 cm³/mol. The van der Waals surface area contributed by atoms with Crippen LogP contribution in [0.5, 0.6) is 0 Å². The number of oxazole rings is 1. The van der Waals surface area contributed by atoms with Crippen LogP contribution in [0.15, 0.2) is 65.3 Å². The quantitative estimate of drug-likeness (QED) is 0.235. The van der Waals surface area contributed by atoms with Crippen molar-refractivity contribution in [2.45, 2.75) is 96.2 Å². The van der Waals surface area contributed by atoms with Crippen molar-refractivity contribution in [3.05, 3.63) is 89.1 Å². The van der Waals surface area contributed by atoms with Gasteiger partial charge in [0.2, 0.25) is 11.8 Å². The Hall–Kier alpha value is -3.57. The van der Waals surface area contributed by atoms with E-state index in [0.717, 1.165) is 22.4 Å². The molecule has 5 atom stereocenters. The minimum atomic E-state index is -0.851. The van der Waals surface area contributed by atoms with Crippen LogP contribution in [0.3, 0.4) is 0 Å². The molecule has 0 bridgehead atoms. The number of carbonyl (C=O) groups is 2. The number of nitrogens with zero attached hydrogens (tertiary/aromatic N) is 3. The zero-order valence-corrected chi connectivity index (χ0v) is 28.4. The Kier molecular flexibility index (Phi) is 11.2. The highest BCUT2D eigenvalue weighted by molar-refractivity contribution is 5.83. The van der Waals surface area contributed by atoms with Gasteiger partial charge in [-0.15, -0.1) is 0 Å². The maximum atomic E-state index is 13.8. The van der Waals surface area contributed by atoms with Gasteiger partial charge in [-0.05, 0) is 50.3 Å². The number of β-amino-alcohol motifs (C(OH)–C–C–N with tert-alkyl or cyclic N) is 1. The van der Waals surface area contributed by atoms with Crippen LogP contribution in [0.25, 0.3) is 0 Å². The summed E-state index contributed by atoms with van der Waals surface area (Å²) in [6.45, 7) is 12.5. The molecule has 1 aliphatic carbocycles. The van der Waals surface area contributed by atoms with Gasteiger partial charge < -0.3 is 25.3 Å². The third kappa shape index (κ3) is 9.28. The zero-order valence-electron chi connectivity index (χ0n) is 28.4. The first-order valence-corrected chi connectivity index (χ1v) is 16.9. The number of nitrogens with one attached hydrogen (secondary N) is 2. The number of piperazine rings is 1. The zero-order chi connectivity index (χ0) is 33.7. The number of fused-ring (bicyclic) bond motifs is 1. The lowest BCUT2D eigenvalue weighted by Gasteiger charge is -2.42. The monoisotopic (exact) mass is 645 g/mol.